The number of hydrogen-bond donors (Lipinski definition) is 0. The number of rotatable bonds is 3. The number of carbonyl (C=O) groups excluding carboxylic acids is 1. The van der Waals surface area contributed by atoms with Gasteiger partial charge in [0.1, 0.15) is 11.8 Å². The monoisotopic (exact) mass is 360 g/mol. The Bertz CT molecular complexity index is 702. The summed E-state index contributed by atoms with van der Waals surface area (Å²) >= 11 is 1.44. The van der Waals surface area contributed by atoms with Gasteiger partial charge in [0.2, 0.25) is 5.88 Å². The molecule has 1 spiro atoms. The molecule has 0 aromatic carbocycles. The summed E-state index contributed by atoms with van der Waals surface area (Å²) in [5.74, 6) is 0.569. The van der Waals surface area contributed by atoms with Gasteiger partial charge in [-0.15, -0.1) is 11.3 Å². The summed E-state index contributed by atoms with van der Waals surface area (Å²) in [4.78, 5) is 26.6. The van der Waals surface area contributed by atoms with Crippen molar-refractivity contribution in [1.82, 2.24) is 19.9 Å². The molecule has 4 heterocycles. The summed E-state index contributed by atoms with van der Waals surface area (Å²) in [7, 11) is 0. The lowest BCUT2D eigenvalue weighted by Crippen LogP contribution is -2.52. The van der Waals surface area contributed by atoms with Gasteiger partial charge in [-0.25, -0.2) is 9.97 Å². The summed E-state index contributed by atoms with van der Waals surface area (Å²) in [5.41, 5.74) is 2.02. The SMILES string of the molecule is O=C(c1cscn1)N1CCC2(CC1)CC(Oc1cnccn1)CCO2. The van der Waals surface area contributed by atoms with E-state index in [0.29, 0.717) is 31.3 Å². The first-order chi connectivity index (χ1) is 12.2. The van der Waals surface area contributed by atoms with Crippen molar-refractivity contribution in [2.24, 2.45) is 0 Å². The zero-order chi connectivity index (χ0) is 17.1. The predicted octanol–water partition coefficient (Wildman–Crippen LogP) is 2.17. The zero-order valence-corrected chi connectivity index (χ0v) is 14.7. The van der Waals surface area contributed by atoms with E-state index >= 15 is 0 Å². The number of carbonyl (C=O) groups is 1. The van der Waals surface area contributed by atoms with Gasteiger partial charge in [0, 0.05) is 43.7 Å². The molecule has 0 aliphatic carbocycles. The molecule has 0 radical (unpaired) electrons. The van der Waals surface area contributed by atoms with Crippen LogP contribution in [0.1, 0.15) is 36.2 Å². The lowest BCUT2D eigenvalue weighted by atomic mass is 9.83. The number of amides is 1. The van der Waals surface area contributed by atoms with Gasteiger partial charge in [-0.1, -0.05) is 0 Å². The van der Waals surface area contributed by atoms with Crippen LogP contribution in [0.15, 0.2) is 29.5 Å². The second-order valence-corrected chi connectivity index (χ2v) is 7.19. The summed E-state index contributed by atoms with van der Waals surface area (Å²) in [6.45, 7) is 2.05. The fourth-order valence-corrected chi connectivity index (χ4v) is 4.07. The number of likely N-dealkylation sites (tertiary alicyclic amines) is 1. The van der Waals surface area contributed by atoms with Crippen LogP contribution in [0.3, 0.4) is 0 Å². The third-order valence-electron chi connectivity index (χ3n) is 4.89. The van der Waals surface area contributed by atoms with E-state index in [9.17, 15) is 4.79 Å². The van der Waals surface area contributed by atoms with E-state index in [1.165, 1.54) is 11.3 Å². The van der Waals surface area contributed by atoms with Gasteiger partial charge in [0.05, 0.1) is 23.9 Å². The maximum absolute atomic E-state index is 12.4. The van der Waals surface area contributed by atoms with Gasteiger partial charge in [-0.2, -0.15) is 0 Å². The van der Waals surface area contributed by atoms with Crippen molar-refractivity contribution in [3.63, 3.8) is 0 Å². The molecule has 0 N–H and O–H groups in total. The summed E-state index contributed by atoms with van der Waals surface area (Å²) < 4.78 is 12.1. The predicted molar refractivity (Wildman–Crippen MR) is 91.6 cm³/mol. The molecule has 4 rings (SSSR count). The van der Waals surface area contributed by atoms with E-state index in [4.69, 9.17) is 9.47 Å². The van der Waals surface area contributed by atoms with E-state index < -0.39 is 0 Å². The highest BCUT2D eigenvalue weighted by atomic mass is 32.1. The third kappa shape index (κ3) is 3.64. The standard InChI is InChI=1S/C17H20N4O3S/c22-16(14-11-25-12-20-14)21-6-2-17(3-7-21)9-13(1-8-23-17)24-15-10-18-4-5-19-15/h4-5,10-13H,1-3,6-9H2. The second kappa shape index (κ2) is 7.05. The largest absolute Gasteiger partial charge is 0.473 e. The molecule has 1 unspecified atom stereocenters. The maximum atomic E-state index is 12.4. The number of thiazole rings is 1. The molecule has 132 valence electrons. The molecule has 25 heavy (non-hydrogen) atoms. The van der Waals surface area contributed by atoms with Gasteiger partial charge in [0.25, 0.3) is 5.91 Å². The molecule has 2 saturated heterocycles. The van der Waals surface area contributed by atoms with Crippen LogP contribution in [0, 0.1) is 0 Å². The van der Waals surface area contributed by atoms with Crippen molar-refractivity contribution < 1.29 is 14.3 Å². The lowest BCUT2D eigenvalue weighted by Gasteiger charge is -2.45. The van der Waals surface area contributed by atoms with Gasteiger partial charge in [-0.3, -0.25) is 9.78 Å². The minimum absolute atomic E-state index is 0.0132. The van der Waals surface area contributed by atoms with Crippen molar-refractivity contribution in [1.29, 1.82) is 0 Å². The molecule has 1 amide bonds. The third-order valence-corrected chi connectivity index (χ3v) is 5.47. The Kier molecular flexibility index (Phi) is 4.63. The number of nitrogens with zero attached hydrogens (tertiary/aromatic N) is 4. The van der Waals surface area contributed by atoms with Crippen LogP contribution in [0.2, 0.25) is 0 Å². The Morgan fingerprint density at radius 3 is 2.92 bits per heavy atom. The van der Waals surface area contributed by atoms with Crippen LogP contribution in [0.25, 0.3) is 0 Å². The topological polar surface area (TPSA) is 77.4 Å². The van der Waals surface area contributed by atoms with Crippen LogP contribution >= 0.6 is 11.3 Å². The molecule has 2 aliphatic heterocycles. The zero-order valence-electron chi connectivity index (χ0n) is 13.8. The molecule has 2 aliphatic rings. The van der Waals surface area contributed by atoms with Gasteiger partial charge >= 0.3 is 0 Å². The Balaban J connectivity index is 1.36. The Morgan fingerprint density at radius 1 is 1.32 bits per heavy atom. The molecule has 8 heteroatoms. The quantitative estimate of drug-likeness (QED) is 0.835. The Hall–Kier alpha value is -2.06. The van der Waals surface area contributed by atoms with Crippen LogP contribution < -0.4 is 4.74 Å². The highest BCUT2D eigenvalue weighted by molar-refractivity contribution is 7.07. The molecule has 1 atom stereocenters. The first-order valence-corrected chi connectivity index (χ1v) is 9.42. The Labute approximate surface area is 150 Å². The molecule has 2 aromatic heterocycles. The van der Waals surface area contributed by atoms with Crippen molar-refractivity contribution >= 4 is 17.2 Å². The minimum atomic E-state index is -0.204. The van der Waals surface area contributed by atoms with Crippen molar-refractivity contribution in [2.75, 3.05) is 19.7 Å². The van der Waals surface area contributed by atoms with Gasteiger partial charge in [0.15, 0.2) is 0 Å². The van der Waals surface area contributed by atoms with E-state index in [-0.39, 0.29) is 17.6 Å². The summed E-state index contributed by atoms with van der Waals surface area (Å²) in [5, 5.41) is 1.80. The molecule has 0 saturated carbocycles. The molecule has 7 nitrogen and oxygen atoms in total. The normalized spacial score (nSPS) is 22.7. The summed E-state index contributed by atoms with van der Waals surface area (Å²) in [6, 6.07) is 0. The molecular formula is C17H20N4O3S. The van der Waals surface area contributed by atoms with E-state index in [0.717, 1.165) is 25.7 Å². The van der Waals surface area contributed by atoms with E-state index in [1.54, 1.807) is 29.5 Å². The van der Waals surface area contributed by atoms with Crippen molar-refractivity contribution in [3.05, 3.63) is 35.2 Å². The minimum Gasteiger partial charge on any atom is -0.473 e. The number of piperidine rings is 1. The fraction of sp³-hybridized carbons (Fsp3) is 0.529. The van der Waals surface area contributed by atoms with E-state index in [1.807, 2.05) is 4.90 Å². The van der Waals surface area contributed by atoms with Crippen molar-refractivity contribution in [3.8, 4) is 5.88 Å². The fourth-order valence-electron chi connectivity index (χ4n) is 3.55. The number of aromatic nitrogens is 3. The Morgan fingerprint density at radius 2 is 2.20 bits per heavy atom. The first-order valence-electron chi connectivity index (χ1n) is 8.48. The lowest BCUT2D eigenvalue weighted by molar-refractivity contribution is -0.135. The average Bonchev–Trinajstić information content (AvgIpc) is 3.18. The number of hydrogen-bond acceptors (Lipinski definition) is 7. The average molecular weight is 360 g/mol. The van der Waals surface area contributed by atoms with Crippen molar-refractivity contribution in [2.45, 2.75) is 37.4 Å². The maximum Gasteiger partial charge on any atom is 0.273 e. The first kappa shape index (κ1) is 16.4. The van der Waals surface area contributed by atoms with E-state index in [2.05, 4.69) is 15.0 Å². The van der Waals surface area contributed by atoms with Crippen LogP contribution in [-0.4, -0.2) is 57.2 Å². The number of ether oxygens (including phenoxy) is 2. The summed E-state index contributed by atoms with van der Waals surface area (Å²) in [6.07, 6.45) is 8.29. The van der Waals surface area contributed by atoms with Crippen LogP contribution in [0.4, 0.5) is 0 Å². The highest BCUT2D eigenvalue weighted by Gasteiger charge is 2.42. The van der Waals surface area contributed by atoms with Gasteiger partial charge in [-0.05, 0) is 12.8 Å². The second-order valence-electron chi connectivity index (χ2n) is 6.47. The molecular weight excluding hydrogens is 340 g/mol. The molecule has 0 bridgehead atoms. The highest BCUT2D eigenvalue weighted by Crippen LogP contribution is 2.36. The van der Waals surface area contributed by atoms with Crippen LogP contribution in [-0.2, 0) is 4.74 Å². The molecule has 2 fully saturated rings. The molecule has 2 aromatic rings. The van der Waals surface area contributed by atoms with Crippen LogP contribution in [0.5, 0.6) is 5.88 Å². The van der Waals surface area contributed by atoms with Gasteiger partial charge < -0.3 is 14.4 Å². The smallest absolute Gasteiger partial charge is 0.273 e.